The van der Waals surface area contributed by atoms with E-state index in [0.29, 0.717) is 42.0 Å². The molecule has 1 unspecified atom stereocenters. The van der Waals surface area contributed by atoms with E-state index >= 15 is 0 Å². The second-order valence-corrected chi connectivity index (χ2v) is 16.4. The maximum Gasteiger partial charge on any atom is 0.255 e. The van der Waals surface area contributed by atoms with Gasteiger partial charge in [-0.1, -0.05) is 37.5 Å². The first-order valence-corrected chi connectivity index (χ1v) is 21.3. The largest absolute Gasteiger partial charge is 0.369 e. The van der Waals surface area contributed by atoms with Gasteiger partial charge >= 0.3 is 0 Å². The Hall–Kier alpha value is -5.96. The molecule has 4 fully saturated rings. The maximum absolute atomic E-state index is 14.4. The molecule has 60 heavy (non-hydrogen) atoms. The van der Waals surface area contributed by atoms with E-state index in [0.717, 1.165) is 94.5 Å². The van der Waals surface area contributed by atoms with Crippen LogP contribution in [0.4, 0.5) is 16.0 Å². The van der Waals surface area contributed by atoms with Crippen molar-refractivity contribution in [3.63, 3.8) is 0 Å². The topological polar surface area (TPSA) is 151 Å². The highest BCUT2D eigenvalue weighted by Crippen LogP contribution is 2.33. The zero-order valence-corrected chi connectivity index (χ0v) is 34.1. The van der Waals surface area contributed by atoms with E-state index < -0.39 is 5.82 Å². The highest BCUT2D eigenvalue weighted by Gasteiger charge is 2.32. The average Bonchev–Trinajstić information content (AvgIpc) is 3.60. The number of imide groups is 1. The summed E-state index contributed by atoms with van der Waals surface area (Å²) in [6.07, 6.45) is 12.8. The first kappa shape index (κ1) is 40.8. The summed E-state index contributed by atoms with van der Waals surface area (Å²) in [6.45, 7) is 6.95. The van der Waals surface area contributed by atoms with E-state index in [1.54, 1.807) is 36.5 Å². The molecule has 2 N–H and O–H groups in total. The summed E-state index contributed by atoms with van der Waals surface area (Å²) in [6, 6.07) is 18.8. The predicted octanol–water partition coefficient (Wildman–Crippen LogP) is 5.26. The zero-order chi connectivity index (χ0) is 41.6. The number of fused-ring (bicyclic) bond motifs is 1. The third kappa shape index (κ3) is 9.41. The summed E-state index contributed by atoms with van der Waals surface area (Å²) >= 11 is 0. The van der Waals surface area contributed by atoms with Crippen LogP contribution in [0.15, 0.2) is 77.9 Å². The molecule has 3 amide bonds. The lowest BCUT2D eigenvalue weighted by atomic mass is 9.93. The molecule has 314 valence electrons. The molecule has 0 radical (unpaired) electrons. The fourth-order valence-corrected chi connectivity index (χ4v) is 8.99. The third-order valence-corrected chi connectivity index (χ3v) is 12.4. The molecule has 2 aromatic carbocycles. The summed E-state index contributed by atoms with van der Waals surface area (Å²) in [5.41, 5.74) is 4.31. The van der Waals surface area contributed by atoms with Crippen molar-refractivity contribution in [3.8, 4) is 16.9 Å². The second kappa shape index (κ2) is 18.5. The molecular weight excluding hydrogens is 764 g/mol. The summed E-state index contributed by atoms with van der Waals surface area (Å²) < 4.78 is 17.8. The smallest absolute Gasteiger partial charge is 0.255 e. The van der Waals surface area contributed by atoms with Gasteiger partial charge < -0.3 is 15.1 Å². The Morgan fingerprint density at radius 2 is 1.67 bits per heavy atom. The number of likely N-dealkylation sites (tertiary alicyclic amines) is 1. The molecule has 0 bridgehead atoms. The first-order chi connectivity index (χ1) is 29.2. The number of aryl methyl sites for hydroxylation is 1. The lowest BCUT2D eigenvalue weighted by Crippen LogP contribution is -2.48. The van der Waals surface area contributed by atoms with Gasteiger partial charge in [0.1, 0.15) is 5.69 Å². The van der Waals surface area contributed by atoms with E-state index in [4.69, 9.17) is 0 Å². The van der Waals surface area contributed by atoms with Gasteiger partial charge in [0.05, 0.1) is 23.3 Å². The molecule has 3 aliphatic heterocycles. The minimum atomic E-state index is -0.484. The van der Waals surface area contributed by atoms with Crippen molar-refractivity contribution in [2.45, 2.75) is 69.7 Å². The number of rotatable bonds is 9. The number of hydrogen-bond donors (Lipinski definition) is 2. The number of aromatic nitrogens is 5. The molecule has 1 aliphatic carbocycles. The van der Waals surface area contributed by atoms with Gasteiger partial charge in [-0.2, -0.15) is 5.10 Å². The van der Waals surface area contributed by atoms with Crippen LogP contribution in [0, 0.1) is 11.7 Å². The van der Waals surface area contributed by atoms with E-state index in [1.807, 2.05) is 22.7 Å². The monoisotopic (exact) mass is 816 g/mol. The Kier molecular flexibility index (Phi) is 12.6. The molecular formula is C45H53FN10O4. The van der Waals surface area contributed by atoms with Gasteiger partial charge in [0.15, 0.2) is 5.82 Å². The van der Waals surface area contributed by atoms with Gasteiger partial charge in [-0.05, 0) is 74.4 Å². The Bertz CT molecular complexity index is 2380. The minimum Gasteiger partial charge on any atom is -0.369 e. The van der Waals surface area contributed by atoms with Crippen LogP contribution in [0.2, 0.25) is 0 Å². The van der Waals surface area contributed by atoms with Gasteiger partial charge in [0.2, 0.25) is 24.2 Å². The molecule has 9 rings (SSSR count). The van der Waals surface area contributed by atoms with Crippen LogP contribution < -0.4 is 21.1 Å². The number of anilines is 2. The summed E-state index contributed by atoms with van der Waals surface area (Å²) in [5, 5.41) is 11.4. The van der Waals surface area contributed by atoms with E-state index in [1.165, 1.54) is 41.8 Å². The number of benzene rings is 2. The Morgan fingerprint density at radius 1 is 0.867 bits per heavy atom. The van der Waals surface area contributed by atoms with Gasteiger partial charge in [-0.25, -0.2) is 14.4 Å². The number of halogens is 1. The summed E-state index contributed by atoms with van der Waals surface area (Å²) in [7, 11) is 1.91. The van der Waals surface area contributed by atoms with E-state index in [9.17, 15) is 23.6 Å². The number of amides is 3. The molecule has 15 heteroatoms. The van der Waals surface area contributed by atoms with Crippen molar-refractivity contribution < 1.29 is 18.8 Å². The van der Waals surface area contributed by atoms with E-state index in [2.05, 4.69) is 53.7 Å². The number of nitrogens with zero attached hydrogens (tertiary/aromatic N) is 8. The first-order valence-electron chi connectivity index (χ1n) is 21.3. The molecule has 0 spiro atoms. The summed E-state index contributed by atoms with van der Waals surface area (Å²) in [4.78, 5) is 62.2. The fraction of sp³-hybridized carbons (Fsp3) is 0.444. The Balaban J connectivity index is 0.000000170. The Morgan fingerprint density at radius 3 is 2.42 bits per heavy atom. The number of piperidine rings is 2. The van der Waals surface area contributed by atoms with Crippen LogP contribution in [0.25, 0.3) is 27.8 Å². The number of pyridine rings is 1. The van der Waals surface area contributed by atoms with Crippen LogP contribution >= 0.6 is 0 Å². The van der Waals surface area contributed by atoms with Crippen molar-refractivity contribution in [2.75, 3.05) is 56.0 Å². The molecule has 3 aromatic heterocycles. The third-order valence-electron chi connectivity index (χ3n) is 12.4. The van der Waals surface area contributed by atoms with Gasteiger partial charge in [-0.3, -0.25) is 38.6 Å². The SMILES string of the molecule is Cn1nc(C2CCC(=O)NC2=O)c2ccc(N3CCN(CC4CCN(C=O)CC4)CC3)cc21.O=c1ccccn1-c1cccc(-c2nc(NC3CCCCC3)ncc2F)c1. The van der Waals surface area contributed by atoms with Crippen LogP contribution in [-0.4, -0.2) is 104 Å². The molecule has 1 atom stereocenters. The van der Waals surface area contributed by atoms with Gasteiger partial charge in [0, 0.05) is 99.9 Å². The van der Waals surface area contributed by atoms with Crippen LogP contribution in [0.1, 0.15) is 69.4 Å². The lowest BCUT2D eigenvalue weighted by molar-refractivity contribution is -0.134. The van der Waals surface area contributed by atoms with Crippen molar-refractivity contribution in [1.29, 1.82) is 0 Å². The zero-order valence-electron chi connectivity index (χ0n) is 34.1. The van der Waals surface area contributed by atoms with Crippen molar-refractivity contribution in [3.05, 3.63) is 94.9 Å². The maximum atomic E-state index is 14.4. The summed E-state index contributed by atoms with van der Waals surface area (Å²) in [5.74, 6) is -0.182. The molecule has 6 heterocycles. The highest BCUT2D eigenvalue weighted by atomic mass is 19.1. The Labute approximate surface area is 348 Å². The fourth-order valence-electron chi connectivity index (χ4n) is 8.99. The van der Waals surface area contributed by atoms with Crippen LogP contribution in [0.3, 0.4) is 0 Å². The lowest BCUT2D eigenvalue weighted by Gasteiger charge is -2.39. The van der Waals surface area contributed by atoms with Crippen molar-refractivity contribution in [1.82, 2.24) is 39.4 Å². The quantitative estimate of drug-likeness (QED) is 0.149. The number of piperazine rings is 1. The normalized spacial score (nSPS) is 19.5. The predicted molar refractivity (Wildman–Crippen MR) is 228 cm³/mol. The average molecular weight is 817 g/mol. The van der Waals surface area contributed by atoms with Gasteiger partial charge in [0.25, 0.3) is 5.56 Å². The minimum absolute atomic E-state index is 0.141. The highest BCUT2D eigenvalue weighted by molar-refractivity contribution is 6.02. The molecule has 3 saturated heterocycles. The number of nitrogens with one attached hydrogen (secondary N) is 2. The standard InChI is InChI=1S/C24H32N6O3.C21H21FN4O/c1-27-21-14-18(2-3-19(21)23(26-27)20-4-5-22(32)25-24(20)33)30-12-10-28(11-13-30)15-17-6-8-29(16-31)9-7-17;22-18-14-23-21(24-16-8-2-1-3-9-16)25-20(18)15-7-6-10-17(13-15)26-12-5-4-11-19(26)27/h2-3,14,16-17,20H,4-13,15H2,1H3,(H,25,32,33);4-7,10-14,16H,1-3,8-9H2,(H,23,24,25). The number of carbonyl (C=O) groups is 3. The molecule has 4 aliphatic rings. The number of hydrogen-bond acceptors (Lipinski definition) is 10. The molecule has 5 aromatic rings. The molecule has 14 nitrogen and oxygen atoms in total. The second-order valence-electron chi connectivity index (χ2n) is 16.4. The van der Waals surface area contributed by atoms with Crippen molar-refractivity contribution in [2.24, 2.45) is 13.0 Å². The van der Waals surface area contributed by atoms with E-state index in [-0.39, 0.29) is 29.0 Å². The van der Waals surface area contributed by atoms with Crippen molar-refractivity contribution >= 4 is 40.8 Å². The van der Waals surface area contributed by atoms with Crippen LogP contribution in [-0.2, 0) is 21.4 Å². The molecule has 1 saturated carbocycles. The number of carbonyl (C=O) groups excluding carboxylic acids is 3. The van der Waals surface area contributed by atoms with Crippen LogP contribution in [0.5, 0.6) is 0 Å². The van der Waals surface area contributed by atoms with Gasteiger partial charge in [-0.15, -0.1) is 0 Å².